The van der Waals surface area contributed by atoms with Crippen molar-refractivity contribution >= 4 is 33.5 Å². The number of benzene rings is 2. The summed E-state index contributed by atoms with van der Waals surface area (Å²) in [6, 6.07) is 16.7. The molecule has 0 aliphatic carbocycles. The van der Waals surface area contributed by atoms with Crippen molar-refractivity contribution < 1.29 is 8.42 Å². The van der Waals surface area contributed by atoms with Gasteiger partial charge in [0.1, 0.15) is 0 Å². The number of thiophene rings is 1. The number of unbranched alkanes of at least 4 members (excludes halogenated alkanes) is 1. The normalized spacial score (nSPS) is 13.5. The number of fused-ring (bicyclic) bond motifs is 1. The van der Waals surface area contributed by atoms with Crippen LogP contribution in [-0.2, 0) is 22.8 Å². The second-order valence-corrected chi connectivity index (χ2v) is 10.3. The average molecular weight is 424 g/mol. The van der Waals surface area contributed by atoms with Gasteiger partial charge in [-0.2, -0.15) is 0 Å². The molecule has 29 heavy (non-hydrogen) atoms. The van der Waals surface area contributed by atoms with Gasteiger partial charge in [0.25, 0.3) is 0 Å². The largest absolute Gasteiger partial charge is 0.368 e. The molecule has 0 N–H and O–H groups in total. The van der Waals surface area contributed by atoms with Gasteiger partial charge < -0.3 is 4.90 Å². The molecule has 0 unspecified atom stereocenters. The van der Waals surface area contributed by atoms with E-state index in [2.05, 4.69) is 35.5 Å². The Balaban J connectivity index is 1.48. The zero-order valence-corrected chi connectivity index (χ0v) is 18.2. The van der Waals surface area contributed by atoms with Gasteiger partial charge >= 0.3 is 0 Å². The highest BCUT2D eigenvalue weighted by atomic mass is 32.2. The smallest absolute Gasteiger partial charge is 0.206 e. The Kier molecular flexibility index (Phi) is 5.88. The van der Waals surface area contributed by atoms with E-state index in [1.165, 1.54) is 15.3 Å². The van der Waals surface area contributed by atoms with Gasteiger partial charge in [-0.15, -0.1) is 11.3 Å². The third-order valence-corrected chi connectivity index (χ3v) is 7.90. The lowest BCUT2D eigenvalue weighted by molar-refractivity contribution is 0.455. The number of sulfone groups is 1. The van der Waals surface area contributed by atoms with Crippen LogP contribution in [0.2, 0.25) is 0 Å². The molecule has 4 rings (SSSR count). The highest BCUT2D eigenvalue weighted by Gasteiger charge is 2.17. The summed E-state index contributed by atoms with van der Waals surface area (Å²) in [5, 5.41) is 3.41. The molecule has 3 aromatic rings. The van der Waals surface area contributed by atoms with Crippen molar-refractivity contribution in [2.24, 2.45) is 0 Å². The van der Waals surface area contributed by atoms with E-state index in [1.54, 1.807) is 35.6 Å². The fourth-order valence-corrected chi connectivity index (χ4v) is 5.63. The molecule has 0 spiro atoms. The van der Waals surface area contributed by atoms with Crippen LogP contribution >= 0.6 is 11.3 Å². The zero-order valence-electron chi connectivity index (χ0n) is 16.5. The van der Waals surface area contributed by atoms with E-state index in [0.29, 0.717) is 9.79 Å². The van der Waals surface area contributed by atoms with Crippen LogP contribution in [0.15, 0.2) is 69.8 Å². The minimum atomic E-state index is -3.48. The summed E-state index contributed by atoms with van der Waals surface area (Å²) < 4.78 is 27.2. The lowest BCUT2D eigenvalue weighted by atomic mass is 10.1. The molecule has 0 atom stereocenters. The SMILES string of the molecule is CCCCc1ccc(S(=O)(=O)c2ccc(CN3C=c4sccc4=CC3)cc2)cc1. The molecule has 0 fully saturated rings. The molecule has 0 saturated carbocycles. The topological polar surface area (TPSA) is 37.4 Å². The predicted molar refractivity (Wildman–Crippen MR) is 120 cm³/mol. The molecule has 0 radical (unpaired) electrons. The Morgan fingerprint density at radius 1 is 0.931 bits per heavy atom. The van der Waals surface area contributed by atoms with Crippen molar-refractivity contribution in [3.05, 3.63) is 80.9 Å². The van der Waals surface area contributed by atoms with Crippen molar-refractivity contribution in [3.8, 4) is 0 Å². The lowest BCUT2D eigenvalue weighted by Crippen LogP contribution is -2.31. The molecule has 3 nitrogen and oxygen atoms in total. The molecule has 5 heteroatoms. The summed E-state index contributed by atoms with van der Waals surface area (Å²) in [4.78, 5) is 2.95. The molecule has 1 aromatic heterocycles. The Bertz CT molecular complexity index is 1190. The second-order valence-electron chi connectivity index (χ2n) is 7.40. The summed E-state index contributed by atoms with van der Waals surface area (Å²) in [5.74, 6) is 0. The molecule has 2 heterocycles. The van der Waals surface area contributed by atoms with Gasteiger partial charge in [-0.05, 0) is 64.9 Å². The van der Waals surface area contributed by atoms with Gasteiger partial charge in [-0.25, -0.2) is 8.42 Å². The van der Waals surface area contributed by atoms with Crippen LogP contribution in [0.3, 0.4) is 0 Å². The van der Waals surface area contributed by atoms with Crippen LogP contribution < -0.4 is 9.75 Å². The second kappa shape index (κ2) is 8.56. The number of hydrogen-bond donors (Lipinski definition) is 0. The number of aryl methyl sites for hydroxylation is 1. The Morgan fingerprint density at radius 2 is 1.59 bits per heavy atom. The van der Waals surface area contributed by atoms with Gasteiger partial charge in [-0.1, -0.05) is 43.7 Å². The number of hydrogen-bond acceptors (Lipinski definition) is 4. The molecular formula is C24H25NO2S2. The molecule has 1 aliphatic rings. The molecule has 0 bridgehead atoms. The van der Waals surface area contributed by atoms with Gasteiger partial charge in [-0.3, -0.25) is 0 Å². The van der Waals surface area contributed by atoms with Crippen LogP contribution in [0.5, 0.6) is 0 Å². The average Bonchev–Trinajstić information content (AvgIpc) is 3.21. The number of rotatable bonds is 7. The fourth-order valence-electron chi connectivity index (χ4n) is 3.51. The standard InChI is InChI=1S/C24H25NO2S2/c1-2-3-4-19-5-9-22(10-6-19)29(26,27)23-11-7-20(8-12-23)17-25-15-13-21-14-16-28-24(21)18-25/h5-14,16,18H,2-4,15,17H2,1H3. The van der Waals surface area contributed by atoms with Crippen molar-refractivity contribution in [2.45, 2.75) is 42.5 Å². The molecule has 0 saturated heterocycles. The molecule has 150 valence electrons. The van der Waals surface area contributed by atoms with Gasteiger partial charge in [0.15, 0.2) is 0 Å². The minimum Gasteiger partial charge on any atom is -0.368 e. The number of nitrogens with zero attached hydrogens (tertiary/aromatic N) is 1. The first-order valence-corrected chi connectivity index (χ1v) is 12.3. The minimum absolute atomic E-state index is 0.345. The van der Waals surface area contributed by atoms with Gasteiger partial charge in [0.2, 0.25) is 9.84 Å². The van der Waals surface area contributed by atoms with Crippen LogP contribution in [0.25, 0.3) is 12.3 Å². The summed E-state index contributed by atoms with van der Waals surface area (Å²) in [6.07, 6.45) is 7.66. The quantitative estimate of drug-likeness (QED) is 0.577. The molecule has 1 aliphatic heterocycles. The van der Waals surface area contributed by atoms with Crippen LogP contribution in [0, 0.1) is 0 Å². The summed E-state index contributed by atoms with van der Waals surface area (Å²) >= 11 is 1.74. The molecule has 0 amide bonds. The van der Waals surface area contributed by atoms with Gasteiger partial charge in [0, 0.05) is 23.8 Å². The van der Waals surface area contributed by atoms with E-state index >= 15 is 0 Å². The first-order chi connectivity index (χ1) is 14.1. The van der Waals surface area contributed by atoms with E-state index in [9.17, 15) is 8.42 Å². The monoisotopic (exact) mass is 423 g/mol. The third-order valence-electron chi connectivity index (χ3n) is 5.24. The summed E-state index contributed by atoms with van der Waals surface area (Å²) in [5.41, 5.74) is 2.29. The third kappa shape index (κ3) is 4.46. The highest BCUT2D eigenvalue weighted by Crippen LogP contribution is 2.22. The predicted octanol–water partition coefficient (Wildman–Crippen LogP) is 3.96. The van der Waals surface area contributed by atoms with Gasteiger partial charge in [0.05, 0.1) is 9.79 Å². The summed E-state index contributed by atoms with van der Waals surface area (Å²) in [7, 11) is -3.48. The maximum Gasteiger partial charge on any atom is 0.206 e. The first-order valence-electron chi connectivity index (χ1n) is 9.99. The lowest BCUT2D eigenvalue weighted by Gasteiger charge is -2.20. The van der Waals surface area contributed by atoms with Crippen LogP contribution in [-0.4, -0.2) is 19.9 Å². The van der Waals surface area contributed by atoms with Crippen LogP contribution in [0.1, 0.15) is 30.9 Å². The van der Waals surface area contributed by atoms with Crippen molar-refractivity contribution in [2.75, 3.05) is 6.54 Å². The Morgan fingerprint density at radius 3 is 2.24 bits per heavy atom. The van der Waals surface area contributed by atoms with E-state index < -0.39 is 9.84 Å². The molecule has 2 aromatic carbocycles. The zero-order chi connectivity index (χ0) is 20.3. The van der Waals surface area contributed by atoms with E-state index in [4.69, 9.17) is 0 Å². The maximum absolute atomic E-state index is 12.9. The Hall–Kier alpha value is -2.37. The Labute approximate surface area is 176 Å². The fraction of sp³-hybridized carbons (Fsp3) is 0.250. The first kappa shape index (κ1) is 19.9. The van der Waals surface area contributed by atoms with E-state index in [-0.39, 0.29) is 0 Å². The van der Waals surface area contributed by atoms with Crippen molar-refractivity contribution in [1.29, 1.82) is 0 Å². The van der Waals surface area contributed by atoms with E-state index in [0.717, 1.165) is 37.9 Å². The van der Waals surface area contributed by atoms with Crippen LogP contribution in [0.4, 0.5) is 0 Å². The van der Waals surface area contributed by atoms with E-state index in [1.807, 2.05) is 24.3 Å². The van der Waals surface area contributed by atoms with Crippen molar-refractivity contribution in [3.63, 3.8) is 0 Å². The summed E-state index contributed by atoms with van der Waals surface area (Å²) in [6.45, 7) is 3.79. The maximum atomic E-state index is 12.9. The highest BCUT2D eigenvalue weighted by molar-refractivity contribution is 7.91. The molecular weight excluding hydrogens is 398 g/mol. The van der Waals surface area contributed by atoms with Crippen molar-refractivity contribution in [1.82, 2.24) is 4.90 Å².